The first-order valence-corrected chi connectivity index (χ1v) is 9.76. The molecule has 0 aliphatic heterocycles. The van der Waals surface area contributed by atoms with Gasteiger partial charge in [-0.2, -0.15) is 0 Å². The second kappa shape index (κ2) is 9.85. The zero-order chi connectivity index (χ0) is 20.7. The van der Waals surface area contributed by atoms with Gasteiger partial charge in [0.2, 0.25) is 0 Å². The van der Waals surface area contributed by atoms with Crippen LogP contribution in [0.1, 0.15) is 34.5 Å². The fraction of sp³-hybridized carbons (Fsp3) is 0.400. The van der Waals surface area contributed by atoms with Crippen LogP contribution >= 0.6 is 11.3 Å². The van der Waals surface area contributed by atoms with E-state index in [2.05, 4.69) is 23.2 Å². The fourth-order valence-electron chi connectivity index (χ4n) is 2.71. The maximum Gasteiger partial charge on any atom is 0.251 e. The van der Waals surface area contributed by atoms with Crippen molar-refractivity contribution in [1.82, 2.24) is 9.99 Å². The molecule has 3 N–H and O–H groups in total. The molecule has 3 rings (SSSR count). The molecule has 1 amide bonds. The van der Waals surface area contributed by atoms with Gasteiger partial charge in [-0.3, -0.25) is 9.79 Å². The summed E-state index contributed by atoms with van der Waals surface area (Å²) in [6.07, 6.45) is 11.3. The molecule has 0 unspecified atom stereocenters. The summed E-state index contributed by atoms with van der Waals surface area (Å²) in [6.45, 7) is 0.478. The van der Waals surface area contributed by atoms with Crippen molar-refractivity contribution in [2.45, 2.75) is 31.8 Å². The molecule has 0 saturated heterocycles. The van der Waals surface area contributed by atoms with E-state index in [1.165, 1.54) is 11.1 Å². The molecule has 2 aromatic heterocycles. The summed E-state index contributed by atoms with van der Waals surface area (Å²) in [5.74, 6) is 6.86. The van der Waals surface area contributed by atoms with Gasteiger partial charge >= 0.3 is 0 Å². The Morgan fingerprint density at radius 2 is 2.11 bits per heavy atom. The minimum absolute atomic E-state index is 0.0763. The number of aromatic nitrogens is 1. The largest absolute Gasteiger partial charge is 0.487 e. The molecule has 28 heavy (non-hydrogen) atoms. The Hall–Kier alpha value is -2.92. The Morgan fingerprint density at radius 3 is 2.64 bits per heavy atom. The zero-order valence-electron chi connectivity index (χ0n) is 16.5. The van der Waals surface area contributed by atoms with Gasteiger partial charge in [0.15, 0.2) is 5.06 Å². The number of amides is 1. The molecule has 2 aromatic rings. The lowest BCUT2D eigenvalue weighted by Gasteiger charge is -2.26. The molecule has 0 atom stereocenters. The van der Waals surface area contributed by atoms with Crippen LogP contribution in [0.2, 0.25) is 0 Å². The predicted molar refractivity (Wildman–Crippen MR) is 114 cm³/mol. The van der Waals surface area contributed by atoms with Crippen molar-refractivity contribution >= 4 is 23.1 Å². The third kappa shape index (κ3) is 5.08. The zero-order valence-corrected chi connectivity index (χ0v) is 17.3. The number of nitrogens with zero attached hydrogens (tertiary/aromatic N) is 3. The Balaban J connectivity index is 0.00000136. The van der Waals surface area contributed by atoms with E-state index in [9.17, 15) is 4.79 Å². The number of terminal acetylenes is 1. The Kier molecular flexibility index (Phi) is 7.52. The highest BCUT2D eigenvalue weighted by atomic mass is 32.1. The van der Waals surface area contributed by atoms with Crippen molar-refractivity contribution in [3.8, 4) is 17.9 Å². The van der Waals surface area contributed by atoms with Crippen LogP contribution in [-0.4, -0.2) is 37.8 Å². The van der Waals surface area contributed by atoms with Crippen LogP contribution in [-0.2, 0) is 6.54 Å². The van der Waals surface area contributed by atoms with Crippen LogP contribution in [0, 0.1) is 12.8 Å². The van der Waals surface area contributed by atoms with Gasteiger partial charge in [0.05, 0.1) is 13.7 Å². The van der Waals surface area contributed by atoms with E-state index in [0.717, 1.165) is 22.8 Å². The lowest BCUT2D eigenvalue weighted by molar-refractivity contribution is 0.0916. The van der Waals surface area contributed by atoms with Gasteiger partial charge in [-0.15, -0.1) is 24.2 Å². The summed E-state index contributed by atoms with van der Waals surface area (Å²) in [4.78, 5) is 20.1. The molecule has 0 aromatic carbocycles. The number of rotatable bonds is 6. The molecular formula is C20H27N5O2S. The Labute approximate surface area is 169 Å². The third-order valence-corrected chi connectivity index (χ3v) is 5.49. The first-order chi connectivity index (χ1) is 13.5. The van der Waals surface area contributed by atoms with Gasteiger partial charge in [0.25, 0.3) is 5.91 Å². The molecule has 1 saturated carbocycles. The predicted octanol–water partition coefficient (Wildman–Crippen LogP) is 1.97. The molecule has 2 heterocycles. The average molecular weight is 402 g/mol. The first kappa shape index (κ1) is 21.4. The number of carbonyl (C=O) groups excluding carboxylic acids is 1. The van der Waals surface area contributed by atoms with E-state index in [1.807, 2.05) is 31.1 Å². The van der Waals surface area contributed by atoms with Gasteiger partial charge in [0, 0.05) is 30.6 Å². The second-order valence-corrected chi connectivity index (χ2v) is 7.70. The number of carbonyl (C=O) groups is 1. The summed E-state index contributed by atoms with van der Waals surface area (Å²) in [6, 6.07) is 7.72. The van der Waals surface area contributed by atoms with Crippen molar-refractivity contribution < 1.29 is 9.53 Å². The SMILES string of the molecule is C#C.COc1ccc(CN=c2cc(C(=O)NC3CCC3)cc(N(C)C)n2N)s1. The van der Waals surface area contributed by atoms with Crippen molar-refractivity contribution in [2.75, 3.05) is 31.9 Å². The van der Waals surface area contributed by atoms with Crippen molar-refractivity contribution in [3.05, 3.63) is 40.2 Å². The van der Waals surface area contributed by atoms with Crippen molar-refractivity contribution in [3.63, 3.8) is 0 Å². The molecule has 0 bridgehead atoms. The number of nitrogens with two attached hydrogens (primary N) is 1. The molecule has 7 nitrogen and oxygen atoms in total. The molecule has 1 fully saturated rings. The van der Waals surface area contributed by atoms with Gasteiger partial charge in [0.1, 0.15) is 11.3 Å². The molecule has 0 radical (unpaired) electrons. The Bertz CT molecular complexity index is 893. The third-order valence-electron chi connectivity index (χ3n) is 4.46. The van der Waals surface area contributed by atoms with Gasteiger partial charge in [-0.1, -0.05) is 0 Å². The highest BCUT2D eigenvalue weighted by Gasteiger charge is 2.21. The van der Waals surface area contributed by atoms with Crippen molar-refractivity contribution in [2.24, 2.45) is 4.99 Å². The minimum atomic E-state index is -0.0763. The summed E-state index contributed by atoms with van der Waals surface area (Å²) >= 11 is 1.54. The Morgan fingerprint density at radius 1 is 1.39 bits per heavy atom. The molecule has 0 spiro atoms. The number of pyridine rings is 1. The normalized spacial score (nSPS) is 13.8. The number of nitrogen functional groups attached to an aromatic ring is 1. The molecule has 1 aliphatic carbocycles. The van der Waals surface area contributed by atoms with Crippen LogP contribution in [0.5, 0.6) is 5.06 Å². The number of thiophene rings is 1. The van der Waals surface area contributed by atoms with Crippen LogP contribution in [0.4, 0.5) is 5.82 Å². The lowest BCUT2D eigenvalue weighted by atomic mass is 9.93. The first-order valence-electron chi connectivity index (χ1n) is 8.95. The monoisotopic (exact) mass is 401 g/mol. The molecule has 150 valence electrons. The van der Waals surface area contributed by atoms with Gasteiger partial charge < -0.3 is 20.8 Å². The molecule has 8 heteroatoms. The second-order valence-electron chi connectivity index (χ2n) is 6.57. The van der Waals surface area contributed by atoms with Crippen LogP contribution in [0.15, 0.2) is 29.3 Å². The maximum absolute atomic E-state index is 12.6. The maximum atomic E-state index is 12.6. The average Bonchev–Trinajstić information content (AvgIpc) is 3.13. The smallest absolute Gasteiger partial charge is 0.251 e. The lowest BCUT2D eigenvalue weighted by Crippen LogP contribution is -2.41. The molecule has 1 aliphatic rings. The summed E-state index contributed by atoms with van der Waals surface area (Å²) in [5, 5.41) is 3.91. The van der Waals surface area contributed by atoms with Crippen LogP contribution < -0.4 is 26.3 Å². The van der Waals surface area contributed by atoms with Gasteiger partial charge in [-0.05, 0) is 43.5 Å². The number of anilines is 1. The van der Waals surface area contributed by atoms with E-state index >= 15 is 0 Å². The molecular weight excluding hydrogens is 374 g/mol. The number of hydrogen-bond donors (Lipinski definition) is 2. The fourth-order valence-corrected chi connectivity index (χ4v) is 3.45. The van der Waals surface area contributed by atoms with E-state index < -0.39 is 0 Å². The highest BCUT2D eigenvalue weighted by Crippen LogP contribution is 2.24. The minimum Gasteiger partial charge on any atom is -0.487 e. The number of hydrogen-bond acceptors (Lipinski definition) is 6. The standard InChI is InChI=1S/C18H25N5O2S.C2H2/c1-22(2)16-10-12(18(24)21-13-5-4-6-13)9-15(23(16)19)20-11-14-7-8-17(25-3)26-14;1-2/h7-10,13H,4-6,11,19H2,1-3H3,(H,21,24);1-2H. The highest BCUT2D eigenvalue weighted by molar-refractivity contribution is 7.13. The topological polar surface area (TPSA) is 84.9 Å². The number of ether oxygens (including phenoxy) is 1. The van der Waals surface area contributed by atoms with Crippen LogP contribution in [0.3, 0.4) is 0 Å². The summed E-state index contributed by atoms with van der Waals surface area (Å²) in [7, 11) is 5.43. The quantitative estimate of drug-likeness (QED) is 0.573. The van der Waals surface area contributed by atoms with Crippen LogP contribution in [0.25, 0.3) is 0 Å². The van der Waals surface area contributed by atoms with Crippen molar-refractivity contribution in [1.29, 1.82) is 0 Å². The van der Waals surface area contributed by atoms with E-state index in [-0.39, 0.29) is 11.9 Å². The number of nitrogens with one attached hydrogen (secondary N) is 1. The van der Waals surface area contributed by atoms with Gasteiger partial charge in [-0.25, -0.2) is 4.68 Å². The summed E-state index contributed by atoms with van der Waals surface area (Å²) < 4.78 is 6.72. The summed E-state index contributed by atoms with van der Waals surface area (Å²) in [5.41, 5.74) is 1.13. The van der Waals surface area contributed by atoms with E-state index in [4.69, 9.17) is 10.6 Å². The van der Waals surface area contributed by atoms with E-state index in [1.54, 1.807) is 30.6 Å². The number of methoxy groups -OCH3 is 1. The van der Waals surface area contributed by atoms with E-state index in [0.29, 0.717) is 23.4 Å².